The third kappa shape index (κ3) is 4.35. The summed E-state index contributed by atoms with van der Waals surface area (Å²) in [7, 11) is 0. The van der Waals surface area contributed by atoms with Gasteiger partial charge < -0.3 is 14.6 Å². The third-order valence-electron chi connectivity index (χ3n) is 4.45. The highest BCUT2D eigenvalue weighted by Gasteiger charge is 2.16. The van der Waals surface area contributed by atoms with E-state index in [1.807, 2.05) is 68.4 Å². The Labute approximate surface area is 173 Å². The zero-order chi connectivity index (χ0) is 20.9. The van der Waals surface area contributed by atoms with Crippen LogP contribution in [0.15, 0.2) is 71.4 Å². The van der Waals surface area contributed by atoms with E-state index in [9.17, 15) is 4.79 Å². The van der Waals surface area contributed by atoms with Crippen molar-refractivity contribution in [2.24, 2.45) is 0 Å². The number of carbonyl (C=O) groups is 1. The zero-order valence-corrected chi connectivity index (χ0v) is 16.6. The van der Waals surface area contributed by atoms with Crippen LogP contribution in [-0.2, 0) is 4.79 Å². The molecule has 2 aromatic carbocycles. The average molecular weight is 400 g/mol. The van der Waals surface area contributed by atoms with Gasteiger partial charge in [-0.2, -0.15) is 4.98 Å². The van der Waals surface area contributed by atoms with Gasteiger partial charge in [-0.1, -0.05) is 47.1 Å². The number of amides is 1. The first-order chi connectivity index (χ1) is 14.6. The van der Waals surface area contributed by atoms with Gasteiger partial charge in [-0.05, 0) is 43.7 Å². The highest BCUT2D eigenvalue weighted by Crippen LogP contribution is 2.30. The van der Waals surface area contributed by atoms with Gasteiger partial charge in [0.15, 0.2) is 6.61 Å². The van der Waals surface area contributed by atoms with Gasteiger partial charge in [-0.15, -0.1) is 0 Å². The summed E-state index contributed by atoms with van der Waals surface area (Å²) in [5, 5.41) is 6.82. The van der Waals surface area contributed by atoms with Gasteiger partial charge in [-0.3, -0.25) is 4.79 Å². The molecule has 2 aromatic heterocycles. The minimum Gasteiger partial charge on any atom is -0.483 e. The van der Waals surface area contributed by atoms with E-state index in [4.69, 9.17) is 9.26 Å². The predicted octanol–water partition coefficient (Wildman–Crippen LogP) is 4.43. The molecule has 2 heterocycles. The first-order valence-corrected chi connectivity index (χ1v) is 9.44. The molecule has 0 radical (unpaired) electrons. The van der Waals surface area contributed by atoms with Crippen LogP contribution in [0.3, 0.4) is 0 Å². The van der Waals surface area contributed by atoms with Crippen molar-refractivity contribution >= 4 is 11.7 Å². The van der Waals surface area contributed by atoms with E-state index in [1.165, 1.54) is 0 Å². The van der Waals surface area contributed by atoms with Gasteiger partial charge in [0.1, 0.15) is 11.6 Å². The summed E-state index contributed by atoms with van der Waals surface area (Å²) >= 11 is 0. The Balaban J connectivity index is 1.49. The van der Waals surface area contributed by atoms with E-state index in [0.717, 1.165) is 16.7 Å². The lowest BCUT2D eigenvalue weighted by Crippen LogP contribution is -2.21. The highest BCUT2D eigenvalue weighted by molar-refractivity contribution is 5.91. The van der Waals surface area contributed by atoms with Crippen molar-refractivity contribution in [1.29, 1.82) is 0 Å². The second-order valence-electron chi connectivity index (χ2n) is 6.79. The largest absolute Gasteiger partial charge is 0.483 e. The molecule has 7 nitrogen and oxygen atoms in total. The van der Waals surface area contributed by atoms with Crippen molar-refractivity contribution in [2.75, 3.05) is 11.9 Å². The number of para-hydroxylation sites is 1. The third-order valence-corrected chi connectivity index (χ3v) is 4.45. The summed E-state index contributed by atoms with van der Waals surface area (Å²) < 4.78 is 11.2. The number of nitrogens with zero attached hydrogens (tertiary/aromatic N) is 3. The van der Waals surface area contributed by atoms with Crippen molar-refractivity contribution in [3.05, 3.63) is 78.0 Å². The molecule has 0 atom stereocenters. The topological polar surface area (TPSA) is 90.1 Å². The van der Waals surface area contributed by atoms with E-state index < -0.39 is 0 Å². The lowest BCUT2D eigenvalue weighted by molar-refractivity contribution is -0.118. The number of aryl methyl sites for hydroxylation is 2. The maximum absolute atomic E-state index is 12.3. The Morgan fingerprint density at radius 2 is 1.93 bits per heavy atom. The van der Waals surface area contributed by atoms with E-state index >= 15 is 0 Å². The highest BCUT2D eigenvalue weighted by atomic mass is 16.5. The molecule has 0 bridgehead atoms. The van der Waals surface area contributed by atoms with E-state index in [1.54, 1.807) is 12.3 Å². The van der Waals surface area contributed by atoms with Gasteiger partial charge in [-0.25, -0.2) is 4.98 Å². The van der Waals surface area contributed by atoms with Gasteiger partial charge >= 0.3 is 0 Å². The van der Waals surface area contributed by atoms with Crippen LogP contribution in [0, 0.1) is 13.8 Å². The SMILES string of the molecule is Cc1cccc(-c2noc(-c3ccccc3OCC(=O)Nc3ncccc3C)n2)c1. The molecule has 7 heteroatoms. The Bertz CT molecular complexity index is 1190. The Morgan fingerprint density at radius 3 is 2.77 bits per heavy atom. The molecule has 0 aliphatic heterocycles. The molecule has 0 fully saturated rings. The maximum Gasteiger partial charge on any atom is 0.263 e. The van der Waals surface area contributed by atoms with E-state index in [0.29, 0.717) is 28.8 Å². The fourth-order valence-electron chi connectivity index (χ4n) is 2.93. The molecule has 0 saturated heterocycles. The number of aromatic nitrogens is 3. The zero-order valence-electron chi connectivity index (χ0n) is 16.6. The number of rotatable bonds is 6. The molecule has 1 N–H and O–H groups in total. The van der Waals surface area contributed by atoms with Crippen molar-refractivity contribution in [1.82, 2.24) is 15.1 Å². The molecule has 0 saturated carbocycles. The first kappa shape index (κ1) is 19.3. The molecule has 0 aliphatic rings. The summed E-state index contributed by atoms with van der Waals surface area (Å²) in [4.78, 5) is 20.9. The molecular weight excluding hydrogens is 380 g/mol. The van der Waals surface area contributed by atoms with Gasteiger partial charge in [0.25, 0.3) is 11.8 Å². The summed E-state index contributed by atoms with van der Waals surface area (Å²) in [6.45, 7) is 3.71. The van der Waals surface area contributed by atoms with Crippen molar-refractivity contribution in [3.8, 4) is 28.6 Å². The number of carbonyl (C=O) groups excluding carboxylic acids is 1. The minimum atomic E-state index is -0.308. The van der Waals surface area contributed by atoms with Crippen molar-refractivity contribution in [3.63, 3.8) is 0 Å². The molecule has 4 rings (SSSR count). The smallest absolute Gasteiger partial charge is 0.263 e. The normalized spacial score (nSPS) is 10.6. The molecule has 0 unspecified atom stereocenters. The number of ether oxygens (including phenoxy) is 1. The molecule has 1 amide bonds. The number of anilines is 1. The van der Waals surface area contributed by atoms with Crippen LogP contribution in [0.4, 0.5) is 5.82 Å². The van der Waals surface area contributed by atoms with Crippen LogP contribution < -0.4 is 10.1 Å². The van der Waals surface area contributed by atoms with Crippen LogP contribution in [0.1, 0.15) is 11.1 Å². The summed E-state index contributed by atoms with van der Waals surface area (Å²) in [5.74, 6) is 1.50. The maximum atomic E-state index is 12.3. The second kappa shape index (κ2) is 8.57. The average Bonchev–Trinajstić information content (AvgIpc) is 3.24. The monoisotopic (exact) mass is 400 g/mol. The number of hydrogen-bond acceptors (Lipinski definition) is 6. The standard InChI is InChI=1S/C23H20N4O3/c1-15-7-5-9-17(13-15)22-26-23(30-27-22)18-10-3-4-11-19(18)29-14-20(28)25-21-16(2)8-6-12-24-21/h3-13H,14H2,1-2H3,(H,24,25,28). The molecule has 4 aromatic rings. The minimum absolute atomic E-state index is 0.175. The van der Waals surface area contributed by atoms with Crippen LogP contribution in [-0.4, -0.2) is 27.6 Å². The number of hydrogen-bond donors (Lipinski definition) is 1. The summed E-state index contributed by atoms with van der Waals surface area (Å²) in [5.41, 5.74) is 3.47. The Kier molecular flexibility index (Phi) is 5.52. The quantitative estimate of drug-likeness (QED) is 0.515. The van der Waals surface area contributed by atoms with Crippen LogP contribution in [0.5, 0.6) is 5.75 Å². The lowest BCUT2D eigenvalue weighted by Gasteiger charge is -2.10. The van der Waals surface area contributed by atoms with E-state index in [2.05, 4.69) is 20.4 Å². The summed E-state index contributed by atoms with van der Waals surface area (Å²) in [6, 6.07) is 18.8. The van der Waals surface area contributed by atoms with Gasteiger partial charge in [0.2, 0.25) is 5.82 Å². The molecule has 150 valence electrons. The number of benzene rings is 2. The van der Waals surface area contributed by atoms with Crippen LogP contribution in [0.25, 0.3) is 22.8 Å². The van der Waals surface area contributed by atoms with E-state index in [-0.39, 0.29) is 12.5 Å². The van der Waals surface area contributed by atoms with Crippen LogP contribution in [0.2, 0.25) is 0 Å². The summed E-state index contributed by atoms with van der Waals surface area (Å²) in [6.07, 6.45) is 1.63. The fraction of sp³-hybridized carbons (Fsp3) is 0.130. The van der Waals surface area contributed by atoms with Gasteiger partial charge in [0.05, 0.1) is 5.56 Å². The molecule has 30 heavy (non-hydrogen) atoms. The lowest BCUT2D eigenvalue weighted by atomic mass is 10.1. The Hall–Kier alpha value is -4.00. The van der Waals surface area contributed by atoms with Crippen molar-refractivity contribution in [2.45, 2.75) is 13.8 Å². The first-order valence-electron chi connectivity index (χ1n) is 9.44. The second-order valence-corrected chi connectivity index (χ2v) is 6.79. The Morgan fingerprint density at radius 1 is 1.07 bits per heavy atom. The molecule has 0 aliphatic carbocycles. The van der Waals surface area contributed by atoms with Crippen LogP contribution >= 0.6 is 0 Å². The van der Waals surface area contributed by atoms with Crippen molar-refractivity contribution < 1.29 is 14.1 Å². The number of pyridine rings is 1. The predicted molar refractivity (Wildman–Crippen MR) is 113 cm³/mol. The molecular formula is C23H20N4O3. The molecule has 0 spiro atoms. The number of nitrogens with one attached hydrogen (secondary N) is 1. The van der Waals surface area contributed by atoms with Gasteiger partial charge in [0, 0.05) is 11.8 Å². The fourth-order valence-corrected chi connectivity index (χ4v) is 2.93.